The van der Waals surface area contributed by atoms with E-state index < -0.39 is 11.7 Å². The smallest absolute Gasteiger partial charge is 0.283 e. The van der Waals surface area contributed by atoms with Crippen molar-refractivity contribution in [1.29, 1.82) is 0 Å². The van der Waals surface area contributed by atoms with Crippen LogP contribution < -0.4 is 20.9 Å². The fraction of sp³-hybridized carbons (Fsp3) is 0.257. The number of aromatic amines is 1. The molecule has 0 aliphatic carbocycles. The SMILES string of the molecule is C=C(F)C(=O)Nc1cc(N2CCN(C(C)=O)CC2)ccc1Nc1nc(-n2ccc(C(=O)Nc3c(CC)cccc3CC)c2)c2cn[nH]c2n1. The second-order valence-electron chi connectivity index (χ2n) is 11.6. The van der Waals surface area contributed by atoms with Crippen LogP contribution in [-0.2, 0) is 22.4 Å². The summed E-state index contributed by atoms with van der Waals surface area (Å²) in [6, 6.07) is 13.1. The van der Waals surface area contributed by atoms with E-state index in [4.69, 9.17) is 4.98 Å². The maximum atomic E-state index is 13.8. The van der Waals surface area contributed by atoms with Gasteiger partial charge in [-0.25, -0.2) is 4.39 Å². The number of nitrogens with one attached hydrogen (secondary N) is 4. The Bertz CT molecular complexity index is 2040. The van der Waals surface area contributed by atoms with Gasteiger partial charge in [-0.3, -0.25) is 19.5 Å². The van der Waals surface area contributed by atoms with Crippen LogP contribution in [0.2, 0.25) is 0 Å². The molecule has 0 bridgehead atoms. The Hall–Kier alpha value is -6.05. The molecular weight excluding hydrogens is 627 g/mol. The molecule has 1 saturated heterocycles. The number of hydrogen-bond donors (Lipinski definition) is 4. The van der Waals surface area contributed by atoms with Gasteiger partial charge in [-0.2, -0.15) is 15.1 Å². The molecule has 1 aliphatic heterocycles. The predicted molar refractivity (Wildman–Crippen MR) is 187 cm³/mol. The minimum Gasteiger partial charge on any atom is -0.368 e. The van der Waals surface area contributed by atoms with E-state index in [1.807, 2.05) is 24.3 Å². The molecule has 14 heteroatoms. The number of H-pyrrole nitrogens is 1. The summed E-state index contributed by atoms with van der Waals surface area (Å²) in [7, 11) is 0. The van der Waals surface area contributed by atoms with E-state index in [0.717, 1.165) is 35.3 Å². The highest BCUT2D eigenvalue weighted by Gasteiger charge is 2.22. The summed E-state index contributed by atoms with van der Waals surface area (Å²) in [6.07, 6.45) is 6.59. The zero-order chi connectivity index (χ0) is 34.7. The van der Waals surface area contributed by atoms with E-state index in [1.54, 1.807) is 53.2 Å². The lowest BCUT2D eigenvalue weighted by Gasteiger charge is -2.36. The van der Waals surface area contributed by atoms with Crippen LogP contribution in [0.15, 0.2) is 73.5 Å². The average Bonchev–Trinajstić information content (AvgIpc) is 3.79. The van der Waals surface area contributed by atoms with Crippen LogP contribution in [0.1, 0.15) is 42.3 Å². The number of hydrogen-bond acceptors (Lipinski definition) is 8. The molecule has 252 valence electrons. The quantitative estimate of drug-likeness (QED) is 0.146. The predicted octanol–water partition coefficient (Wildman–Crippen LogP) is 5.35. The maximum Gasteiger partial charge on any atom is 0.283 e. The molecule has 3 amide bonds. The Morgan fingerprint density at radius 3 is 2.37 bits per heavy atom. The third kappa shape index (κ3) is 6.98. The number of rotatable bonds is 10. The number of anilines is 5. The van der Waals surface area contributed by atoms with E-state index in [1.165, 1.54) is 0 Å². The summed E-state index contributed by atoms with van der Waals surface area (Å²) in [6.45, 7) is 11.1. The monoisotopic (exact) mass is 664 g/mol. The first-order valence-corrected chi connectivity index (χ1v) is 16.0. The molecule has 5 aromatic rings. The number of aromatic nitrogens is 5. The Kier molecular flexibility index (Phi) is 9.38. The molecule has 2 aromatic carbocycles. The first kappa shape index (κ1) is 32.9. The summed E-state index contributed by atoms with van der Waals surface area (Å²) < 4.78 is 15.5. The standard InChI is InChI=1S/C35H37FN10O3/c1-5-23-8-7-9-24(6-2)30(23)40-34(49)25-12-13-46(20-25)32-27-19-37-43-31(27)41-35(42-32)39-28-11-10-26(18-29(28)38-33(48)21(3)36)45-16-14-44(15-17-45)22(4)47/h7-13,18-20H,3,5-6,14-17H2,1-2,4H3,(H,38,48)(H,40,49)(H2,37,39,41,42,43). The lowest BCUT2D eigenvalue weighted by molar-refractivity contribution is -0.129. The van der Waals surface area contributed by atoms with Crippen molar-refractivity contribution in [2.75, 3.05) is 47.0 Å². The molecule has 13 nitrogen and oxygen atoms in total. The summed E-state index contributed by atoms with van der Waals surface area (Å²) >= 11 is 0. The van der Waals surface area contributed by atoms with Crippen molar-refractivity contribution >= 4 is 57.5 Å². The van der Waals surface area contributed by atoms with Crippen molar-refractivity contribution in [2.24, 2.45) is 0 Å². The van der Waals surface area contributed by atoms with Gasteiger partial charge in [0.15, 0.2) is 17.3 Å². The first-order chi connectivity index (χ1) is 23.6. The van der Waals surface area contributed by atoms with Crippen LogP contribution in [0.5, 0.6) is 0 Å². The number of carbonyl (C=O) groups excluding carboxylic acids is 3. The second kappa shape index (κ2) is 14.0. The van der Waals surface area contributed by atoms with Gasteiger partial charge in [0.25, 0.3) is 11.8 Å². The molecule has 6 rings (SSSR count). The van der Waals surface area contributed by atoms with Gasteiger partial charge in [0.2, 0.25) is 11.9 Å². The van der Waals surface area contributed by atoms with Gasteiger partial charge in [0.05, 0.1) is 28.5 Å². The van der Waals surface area contributed by atoms with Crippen molar-refractivity contribution in [3.63, 3.8) is 0 Å². The maximum absolute atomic E-state index is 13.8. The number of halogens is 1. The molecule has 0 atom stereocenters. The molecule has 1 fully saturated rings. The van der Waals surface area contributed by atoms with Crippen LogP contribution in [0, 0.1) is 0 Å². The lowest BCUT2D eigenvalue weighted by atomic mass is 10.0. The van der Waals surface area contributed by atoms with Gasteiger partial charge in [0, 0.05) is 56.9 Å². The number of fused-ring (bicyclic) bond motifs is 1. The van der Waals surface area contributed by atoms with Gasteiger partial charge in [-0.1, -0.05) is 38.6 Å². The van der Waals surface area contributed by atoms with Crippen molar-refractivity contribution in [2.45, 2.75) is 33.6 Å². The van der Waals surface area contributed by atoms with Gasteiger partial charge in [-0.15, -0.1) is 0 Å². The van der Waals surface area contributed by atoms with Crippen LogP contribution in [0.25, 0.3) is 16.9 Å². The zero-order valence-corrected chi connectivity index (χ0v) is 27.5. The van der Waals surface area contributed by atoms with Crippen LogP contribution >= 0.6 is 0 Å². The number of aryl methyl sites for hydroxylation is 2. The Labute approximate surface area is 282 Å². The normalized spacial score (nSPS) is 13.0. The summed E-state index contributed by atoms with van der Waals surface area (Å²) in [5, 5.41) is 16.4. The molecular formula is C35H37FN10O3. The minimum absolute atomic E-state index is 0.0185. The Balaban J connectivity index is 1.29. The number of carbonyl (C=O) groups is 3. The third-order valence-corrected chi connectivity index (χ3v) is 8.56. The highest BCUT2D eigenvalue weighted by atomic mass is 19.1. The number of piperazine rings is 1. The zero-order valence-electron chi connectivity index (χ0n) is 27.5. The molecule has 0 radical (unpaired) electrons. The van der Waals surface area contributed by atoms with Crippen LogP contribution in [0.3, 0.4) is 0 Å². The number of nitrogens with zero attached hydrogens (tertiary/aromatic N) is 6. The summed E-state index contributed by atoms with van der Waals surface area (Å²) in [4.78, 5) is 50.7. The number of benzene rings is 2. The van der Waals surface area contributed by atoms with E-state index in [-0.39, 0.29) is 23.5 Å². The Morgan fingerprint density at radius 1 is 0.959 bits per heavy atom. The van der Waals surface area contributed by atoms with Gasteiger partial charge in [0.1, 0.15) is 0 Å². The van der Waals surface area contributed by atoms with Crippen molar-refractivity contribution in [3.8, 4) is 5.82 Å². The van der Waals surface area contributed by atoms with Crippen molar-refractivity contribution in [1.82, 2.24) is 29.6 Å². The minimum atomic E-state index is -1.14. The summed E-state index contributed by atoms with van der Waals surface area (Å²) in [5.41, 5.74) is 5.29. The van der Waals surface area contributed by atoms with Gasteiger partial charge < -0.3 is 30.3 Å². The molecule has 1 aliphatic rings. The van der Waals surface area contributed by atoms with E-state index in [0.29, 0.717) is 54.3 Å². The highest BCUT2D eigenvalue weighted by Crippen LogP contribution is 2.32. The third-order valence-electron chi connectivity index (χ3n) is 8.56. The fourth-order valence-corrected chi connectivity index (χ4v) is 5.86. The Morgan fingerprint density at radius 2 is 1.69 bits per heavy atom. The molecule has 3 aromatic heterocycles. The number of amides is 3. The largest absolute Gasteiger partial charge is 0.368 e. The first-order valence-electron chi connectivity index (χ1n) is 16.0. The lowest BCUT2D eigenvalue weighted by Crippen LogP contribution is -2.48. The van der Waals surface area contributed by atoms with Crippen molar-refractivity contribution in [3.05, 3.63) is 90.2 Å². The molecule has 4 heterocycles. The highest BCUT2D eigenvalue weighted by molar-refractivity contribution is 6.05. The molecule has 4 N–H and O–H groups in total. The topological polar surface area (TPSA) is 153 Å². The fourth-order valence-electron chi connectivity index (χ4n) is 5.86. The second-order valence-corrected chi connectivity index (χ2v) is 11.6. The van der Waals surface area contributed by atoms with E-state index in [9.17, 15) is 18.8 Å². The molecule has 0 spiro atoms. The molecule has 0 unspecified atom stereocenters. The van der Waals surface area contributed by atoms with Crippen molar-refractivity contribution < 1.29 is 18.8 Å². The van der Waals surface area contributed by atoms with E-state index in [2.05, 4.69) is 56.5 Å². The van der Waals surface area contributed by atoms with Gasteiger partial charge in [-0.05, 0) is 48.2 Å². The van der Waals surface area contributed by atoms with Gasteiger partial charge >= 0.3 is 0 Å². The van der Waals surface area contributed by atoms with E-state index >= 15 is 0 Å². The average molecular weight is 665 g/mol. The summed E-state index contributed by atoms with van der Waals surface area (Å²) in [5.74, 6) is -1.74. The molecule has 0 saturated carbocycles. The number of para-hydroxylation sites is 1. The van der Waals surface area contributed by atoms with Crippen LogP contribution in [-0.4, -0.2) is 73.5 Å². The molecule has 49 heavy (non-hydrogen) atoms. The van der Waals surface area contributed by atoms with Crippen LogP contribution in [0.4, 0.5) is 33.1 Å².